The topological polar surface area (TPSA) is 167 Å². The van der Waals surface area contributed by atoms with Gasteiger partial charge in [-0.05, 0) is 20.8 Å². The van der Waals surface area contributed by atoms with Crippen LogP contribution in [0.2, 0.25) is 0 Å². The normalized spacial score (nSPS) is 10.5. The number of thiazole rings is 2. The fourth-order valence-corrected chi connectivity index (χ4v) is 3.92. The Morgan fingerprint density at radius 2 is 1.39 bits per heavy atom. The van der Waals surface area contributed by atoms with Crippen LogP contribution in [0.25, 0.3) is 9.69 Å². The van der Waals surface area contributed by atoms with Gasteiger partial charge in [-0.15, -0.1) is 24.0 Å². The molecule has 0 unspecified atom stereocenters. The summed E-state index contributed by atoms with van der Waals surface area (Å²) in [6.07, 6.45) is 1.85. The van der Waals surface area contributed by atoms with E-state index in [-0.39, 0.29) is 51.8 Å². The molecular formula is C25H32N6O7S3. The van der Waals surface area contributed by atoms with Crippen molar-refractivity contribution < 1.29 is 31.7 Å². The maximum atomic E-state index is 10.2. The van der Waals surface area contributed by atoms with E-state index in [1.165, 1.54) is 16.3 Å². The van der Waals surface area contributed by atoms with Crippen LogP contribution in [0.3, 0.4) is 0 Å². The van der Waals surface area contributed by atoms with Crippen molar-refractivity contribution in [2.45, 2.75) is 78.6 Å². The smallest absolute Gasteiger partial charge is 0.412 e. The highest BCUT2D eigenvalue weighted by atomic mass is 32.2. The molecule has 16 heteroatoms. The summed E-state index contributed by atoms with van der Waals surface area (Å²) in [5.41, 5.74) is -0.104. The first-order valence-electron chi connectivity index (χ1n) is 11.6. The lowest BCUT2D eigenvalue weighted by Gasteiger charge is -2.12. The highest BCUT2D eigenvalue weighted by molar-refractivity contribution is 7.59. The van der Waals surface area contributed by atoms with Crippen molar-refractivity contribution in [2.24, 2.45) is 0 Å². The number of nitrogens with one attached hydrogen (secondary N) is 1. The van der Waals surface area contributed by atoms with Gasteiger partial charge < -0.3 is 19.2 Å². The zero-order valence-corrected chi connectivity index (χ0v) is 26.6. The van der Waals surface area contributed by atoms with E-state index in [0.29, 0.717) is 5.82 Å². The zero-order valence-electron chi connectivity index (χ0n) is 24.1. The fourth-order valence-electron chi connectivity index (χ4n) is 2.31. The number of aromatic amines is 1. The lowest BCUT2D eigenvalue weighted by atomic mass is 9.96. The second-order valence-electron chi connectivity index (χ2n) is 10.8. The quantitative estimate of drug-likeness (QED) is 0.278. The van der Waals surface area contributed by atoms with Gasteiger partial charge in [0.1, 0.15) is 5.01 Å². The van der Waals surface area contributed by atoms with Gasteiger partial charge >= 0.3 is 10.6 Å². The summed E-state index contributed by atoms with van der Waals surface area (Å²) >= 11 is 2.90. The van der Waals surface area contributed by atoms with E-state index in [2.05, 4.69) is 59.9 Å². The second kappa shape index (κ2) is 16.3. The van der Waals surface area contributed by atoms with Crippen LogP contribution in [0.5, 0.6) is 10.9 Å². The summed E-state index contributed by atoms with van der Waals surface area (Å²) in [4.78, 5) is 41.9. The molecule has 0 saturated carbocycles. The summed E-state index contributed by atoms with van der Waals surface area (Å²) in [6, 6.07) is 0. The molecule has 0 atom stereocenters. The minimum Gasteiger partial charge on any atom is -0.412 e. The van der Waals surface area contributed by atoms with E-state index < -0.39 is 10.6 Å². The maximum Gasteiger partial charge on any atom is 0.425 e. The molecule has 3 heterocycles. The Morgan fingerprint density at radius 3 is 1.71 bits per heavy atom. The maximum absolute atomic E-state index is 10.2. The number of ether oxygens (including phenoxy) is 2. The van der Waals surface area contributed by atoms with Gasteiger partial charge in [-0.2, -0.15) is 0 Å². The second-order valence-corrected chi connectivity index (χ2v) is 13.1. The van der Waals surface area contributed by atoms with Gasteiger partial charge in [-0.3, -0.25) is 14.6 Å². The Kier molecular flexibility index (Phi) is 14.7. The molecule has 0 aliphatic carbocycles. The van der Waals surface area contributed by atoms with Gasteiger partial charge in [0.05, 0.1) is 10.4 Å². The highest BCUT2D eigenvalue weighted by Crippen LogP contribution is 2.38. The van der Waals surface area contributed by atoms with Crippen LogP contribution in [0.15, 0.2) is 11.6 Å². The monoisotopic (exact) mass is 624 g/mol. The summed E-state index contributed by atoms with van der Waals surface area (Å²) < 4.78 is 34.6. The molecule has 1 N–H and O–H groups in total. The number of aromatic nitrogens is 4. The Balaban J connectivity index is 0.000000561. The molecule has 0 bridgehead atoms. The first kappa shape index (κ1) is 37.0. The van der Waals surface area contributed by atoms with Crippen LogP contribution in [-0.4, -0.2) is 45.5 Å². The van der Waals surface area contributed by atoms with Crippen molar-refractivity contribution in [1.82, 2.24) is 19.9 Å². The summed E-state index contributed by atoms with van der Waals surface area (Å²) in [5, 5.41) is 4.15. The molecule has 0 amide bonds. The predicted octanol–water partition coefficient (Wildman–Crippen LogP) is 5.76. The summed E-state index contributed by atoms with van der Waals surface area (Å²) in [7, 11) is -3.11. The Morgan fingerprint density at radius 1 is 0.854 bits per heavy atom. The van der Waals surface area contributed by atoms with Crippen LogP contribution in [0.1, 0.15) is 78.2 Å². The standard InChI is InChI=1S/C9H10N4.C9H11NO4S.C7H11NS.O3S/c1-9(2,3)8-12-6(10-4)7(11-5)13-8;1-9(2,3)8-10-6(13-4-11)7(15-8)14-5-12;1-7(2,3)6-8-4-5-9-6;1-4(2)3/h1-3H3,(H,12,13);4-5H,1-3H3;4-5H,1-3H3;. The van der Waals surface area contributed by atoms with Crippen molar-refractivity contribution >= 4 is 57.9 Å². The van der Waals surface area contributed by atoms with E-state index in [1.807, 2.05) is 53.1 Å². The van der Waals surface area contributed by atoms with Crippen molar-refractivity contribution in [3.8, 4) is 10.9 Å². The molecule has 13 nitrogen and oxygen atoms in total. The Bertz CT molecular complexity index is 1400. The molecule has 0 aliphatic rings. The third kappa shape index (κ3) is 13.8. The van der Waals surface area contributed by atoms with E-state index in [0.717, 1.165) is 5.01 Å². The van der Waals surface area contributed by atoms with Gasteiger partial charge in [-0.25, -0.2) is 9.97 Å². The van der Waals surface area contributed by atoms with Crippen molar-refractivity contribution in [3.63, 3.8) is 0 Å². The number of carbonyl (C=O) groups is 2. The average molecular weight is 625 g/mol. The SMILES string of the molecule is CC(C)(C)c1nc(OC=O)c(OC=O)s1.CC(C)(C)c1nccs1.O=S(=O)=O.[C-]#[N+]c1nc(C(C)(C)C)[nH]c1[N+]#[C-]. The van der Waals surface area contributed by atoms with Crippen LogP contribution in [-0.2, 0) is 36.4 Å². The first-order chi connectivity index (χ1) is 18.8. The van der Waals surface area contributed by atoms with Gasteiger partial charge in [0, 0.05) is 22.4 Å². The molecule has 0 aliphatic heterocycles. The van der Waals surface area contributed by atoms with E-state index in [1.54, 1.807) is 11.3 Å². The highest BCUT2D eigenvalue weighted by Gasteiger charge is 2.26. The molecule has 0 spiro atoms. The molecule has 41 heavy (non-hydrogen) atoms. The minimum absolute atomic E-state index is 0.0343. The molecule has 0 fully saturated rings. The minimum atomic E-state index is -3.11. The van der Waals surface area contributed by atoms with Crippen LogP contribution >= 0.6 is 22.7 Å². The summed E-state index contributed by atoms with van der Waals surface area (Å²) in [5.74, 6) is 1.12. The van der Waals surface area contributed by atoms with Crippen molar-refractivity contribution in [1.29, 1.82) is 0 Å². The zero-order chi connectivity index (χ0) is 32.0. The molecular weight excluding hydrogens is 593 g/mol. The average Bonchev–Trinajstić information content (AvgIpc) is 3.59. The summed E-state index contributed by atoms with van der Waals surface area (Å²) in [6.45, 7) is 32.5. The third-order valence-corrected chi connectivity index (χ3v) is 6.74. The van der Waals surface area contributed by atoms with Crippen molar-refractivity contribution in [2.75, 3.05) is 0 Å². The van der Waals surface area contributed by atoms with Crippen LogP contribution < -0.4 is 9.47 Å². The third-order valence-electron chi connectivity index (χ3n) is 4.19. The predicted molar refractivity (Wildman–Crippen MR) is 155 cm³/mol. The number of hydrogen-bond donors (Lipinski definition) is 1. The number of carbonyl (C=O) groups excluding carboxylic acids is 2. The Labute approximate surface area is 248 Å². The van der Waals surface area contributed by atoms with Gasteiger partial charge in [0.25, 0.3) is 36.3 Å². The number of rotatable bonds is 4. The lowest BCUT2D eigenvalue weighted by molar-refractivity contribution is -0.123. The molecule has 0 saturated heterocycles. The largest absolute Gasteiger partial charge is 0.425 e. The van der Waals surface area contributed by atoms with Gasteiger partial charge in [0.15, 0.2) is 0 Å². The molecule has 222 valence electrons. The number of nitrogens with zero attached hydrogens (tertiary/aromatic N) is 5. The van der Waals surface area contributed by atoms with E-state index in [4.69, 9.17) is 25.8 Å². The van der Waals surface area contributed by atoms with Gasteiger partial charge in [-0.1, -0.05) is 71.0 Å². The van der Waals surface area contributed by atoms with Crippen LogP contribution in [0.4, 0.5) is 11.6 Å². The molecule has 0 radical (unpaired) electrons. The number of imidazole rings is 1. The van der Waals surface area contributed by atoms with E-state index >= 15 is 0 Å². The van der Waals surface area contributed by atoms with Crippen molar-refractivity contribution in [3.05, 3.63) is 50.3 Å². The number of hydrogen-bond acceptors (Lipinski definition) is 12. The molecule has 3 rings (SSSR count). The van der Waals surface area contributed by atoms with E-state index in [9.17, 15) is 9.59 Å². The molecule has 0 aromatic carbocycles. The lowest BCUT2D eigenvalue weighted by Crippen LogP contribution is -2.12. The molecule has 3 aromatic rings. The fraction of sp³-hybridized carbons (Fsp3) is 0.480. The molecule has 3 aromatic heterocycles. The van der Waals surface area contributed by atoms with Crippen LogP contribution in [0, 0.1) is 13.1 Å². The Hall–Kier alpha value is -3.99. The first-order valence-corrected chi connectivity index (χ1v) is 14.2. The number of H-pyrrole nitrogens is 1. The van der Waals surface area contributed by atoms with Gasteiger partial charge in [0.2, 0.25) is 5.06 Å².